The summed E-state index contributed by atoms with van der Waals surface area (Å²) >= 11 is 0. The van der Waals surface area contributed by atoms with Crippen molar-refractivity contribution in [2.45, 2.75) is 39.7 Å². The van der Waals surface area contributed by atoms with E-state index in [-0.39, 0.29) is 0 Å². The van der Waals surface area contributed by atoms with E-state index < -0.39 is 0 Å². The van der Waals surface area contributed by atoms with E-state index in [9.17, 15) is 0 Å². The van der Waals surface area contributed by atoms with Crippen LogP contribution in [-0.4, -0.2) is 18.0 Å². The summed E-state index contributed by atoms with van der Waals surface area (Å²) in [6, 6.07) is 15.6. The molecule has 3 rings (SSSR count). The van der Waals surface area contributed by atoms with E-state index in [2.05, 4.69) is 61.2 Å². The highest BCUT2D eigenvalue weighted by atomic mass is 15.1. The number of benzene rings is 2. The van der Waals surface area contributed by atoms with Crippen molar-refractivity contribution in [1.29, 1.82) is 0 Å². The minimum Gasteiger partial charge on any atom is -0.299 e. The number of nitrogens with zero attached hydrogens (tertiary/aromatic N) is 1. The molecule has 1 saturated carbocycles. The van der Waals surface area contributed by atoms with E-state index in [0.29, 0.717) is 0 Å². The van der Waals surface area contributed by atoms with Gasteiger partial charge in [-0.15, -0.1) is 0 Å². The molecule has 0 radical (unpaired) electrons. The van der Waals surface area contributed by atoms with Crippen molar-refractivity contribution < 1.29 is 0 Å². The standard InChI is InChI=1S/C20H27N/c1-3-16(2)13-21(14-17-8-9-17)15-18-10-11-19-6-4-5-7-20(19)12-18/h4-7,10-12,16-17H,3,8-9,13-15H2,1-2H3. The summed E-state index contributed by atoms with van der Waals surface area (Å²) < 4.78 is 0. The lowest BCUT2D eigenvalue weighted by molar-refractivity contribution is 0.218. The molecular weight excluding hydrogens is 254 g/mol. The summed E-state index contributed by atoms with van der Waals surface area (Å²) in [5.74, 6) is 1.76. The molecule has 1 heteroatoms. The van der Waals surface area contributed by atoms with Gasteiger partial charge >= 0.3 is 0 Å². The first-order chi connectivity index (χ1) is 10.2. The zero-order chi connectivity index (χ0) is 14.7. The monoisotopic (exact) mass is 281 g/mol. The Bertz CT molecular complexity index is 585. The third kappa shape index (κ3) is 4.07. The Labute approximate surface area is 129 Å². The van der Waals surface area contributed by atoms with Crippen molar-refractivity contribution in [2.75, 3.05) is 13.1 Å². The van der Waals surface area contributed by atoms with Crippen molar-refractivity contribution in [3.8, 4) is 0 Å². The smallest absolute Gasteiger partial charge is 0.0234 e. The number of fused-ring (bicyclic) bond motifs is 1. The molecule has 0 amide bonds. The molecule has 1 atom stereocenters. The minimum atomic E-state index is 0.796. The second-order valence-electron chi connectivity index (χ2n) is 6.83. The Morgan fingerprint density at radius 1 is 1.10 bits per heavy atom. The Morgan fingerprint density at radius 3 is 2.57 bits per heavy atom. The highest BCUT2D eigenvalue weighted by Gasteiger charge is 2.24. The maximum Gasteiger partial charge on any atom is 0.0234 e. The van der Waals surface area contributed by atoms with Crippen molar-refractivity contribution in [3.05, 3.63) is 48.0 Å². The molecule has 0 spiro atoms. The highest BCUT2D eigenvalue weighted by molar-refractivity contribution is 5.82. The summed E-state index contributed by atoms with van der Waals surface area (Å²) in [6.07, 6.45) is 4.16. The van der Waals surface area contributed by atoms with Crippen LogP contribution in [0, 0.1) is 11.8 Å². The Hall–Kier alpha value is -1.34. The van der Waals surface area contributed by atoms with Crippen LogP contribution >= 0.6 is 0 Å². The Kier molecular flexibility index (Phi) is 4.60. The molecule has 1 nitrogen and oxygen atoms in total. The maximum atomic E-state index is 2.68. The fourth-order valence-electron chi connectivity index (χ4n) is 3.03. The van der Waals surface area contributed by atoms with Gasteiger partial charge in [0, 0.05) is 19.6 Å². The molecule has 0 N–H and O–H groups in total. The largest absolute Gasteiger partial charge is 0.299 e. The molecule has 21 heavy (non-hydrogen) atoms. The quantitative estimate of drug-likeness (QED) is 0.682. The van der Waals surface area contributed by atoms with E-state index in [4.69, 9.17) is 0 Å². The molecule has 1 unspecified atom stereocenters. The zero-order valence-corrected chi connectivity index (χ0v) is 13.4. The van der Waals surface area contributed by atoms with Gasteiger partial charge in [0.15, 0.2) is 0 Å². The fraction of sp³-hybridized carbons (Fsp3) is 0.500. The minimum absolute atomic E-state index is 0.796. The summed E-state index contributed by atoms with van der Waals surface area (Å²) in [6.45, 7) is 8.30. The predicted molar refractivity (Wildman–Crippen MR) is 91.4 cm³/mol. The summed E-state index contributed by atoms with van der Waals surface area (Å²) in [5, 5.41) is 2.71. The Morgan fingerprint density at radius 2 is 1.86 bits per heavy atom. The molecule has 2 aromatic rings. The molecule has 0 bridgehead atoms. The van der Waals surface area contributed by atoms with Crippen LogP contribution in [0.2, 0.25) is 0 Å². The van der Waals surface area contributed by atoms with Gasteiger partial charge in [-0.25, -0.2) is 0 Å². The van der Waals surface area contributed by atoms with E-state index in [1.165, 1.54) is 48.7 Å². The predicted octanol–water partition coefficient (Wildman–Crippen LogP) is 5.10. The van der Waals surface area contributed by atoms with Crippen LogP contribution in [0.25, 0.3) is 10.8 Å². The summed E-state index contributed by atoms with van der Waals surface area (Å²) in [5.41, 5.74) is 1.46. The van der Waals surface area contributed by atoms with E-state index >= 15 is 0 Å². The molecular formula is C20H27N. The van der Waals surface area contributed by atoms with Gasteiger partial charge in [-0.05, 0) is 47.1 Å². The van der Waals surface area contributed by atoms with Crippen LogP contribution in [0.5, 0.6) is 0 Å². The molecule has 0 aromatic heterocycles. The second kappa shape index (κ2) is 6.62. The van der Waals surface area contributed by atoms with Gasteiger partial charge < -0.3 is 0 Å². The lowest BCUT2D eigenvalue weighted by Crippen LogP contribution is -2.30. The molecule has 1 fully saturated rings. The average Bonchev–Trinajstić information content (AvgIpc) is 3.31. The van der Waals surface area contributed by atoms with Gasteiger partial charge in [0.2, 0.25) is 0 Å². The molecule has 0 aliphatic heterocycles. The molecule has 1 aliphatic rings. The second-order valence-corrected chi connectivity index (χ2v) is 6.83. The summed E-state index contributed by atoms with van der Waals surface area (Å²) in [4.78, 5) is 2.68. The molecule has 112 valence electrons. The average molecular weight is 281 g/mol. The lowest BCUT2D eigenvalue weighted by Gasteiger charge is -2.25. The highest BCUT2D eigenvalue weighted by Crippen LogP contribution is 2.30. The SMILES string of the molecule is CCC(C)CN(Cc1ccc2ccccc2c1)CC1CC1. The van der Waals surface area contributed by atoms with Crippen LogP contribution in [0.3, 0.4) is 0 Å². The van der Waals surface area contributed by atoms with Crippen molar-refractivity contribution in [2.24, 2.45) is 11.8 Å². The lowest BCUT2D eigenvalue weighted by atomic mass is 10.1. The van der Waals surface area contributed by atoms with Crippen LogP contribution in [0.4, 0.5) is 0 Å². The first kappa shape index (κ1) is 14.6. The fourth-order valence-corrected chi connectivity index (χ4v) is 3.03. The van der Waals surface area contributed by atoms with Crippen LogP contribution in [-0.2, 0) is 6.54 Å². The van der Waals surface area contributed by atoms with Gasteiger partial charge in [-0.1, -0.05) is 56.7 Å². The van der Waals surface area contributed by atoms with Gasteiger partial charge in [-0.3, -0.25) is 4.90 Å². The molecule has 0 saturated heterocycles. The maximum absolute atomic E-state index is 2.68. The first-order valence-corrected chi connectivity index (χ1v) is 8.44. The van der Waals surface area contributed by atoms with Gasteiger partial charge in [0.25, 0.3) is 0 Å². The van der Waals surface area contributed by atoms with Crippen molar-refractivity contribution in [1.82, 2.24) is 4.90 Å². The van der Waals surface area contributed by atoms with Gasteiger partial charge in [-0.2, -0.15) is 0 Å². The van der Waals surface area contributed by atoms with Gasteiger partial charge in [0.1, 0.15) is 0 Å². The van der Waals surface area contributed by atoms with Crippen LogP contribution < -0.4 is 0 Å². The number of hydrogen-bond donors (Lipinski definition) is 0. The van der Waals surface area contributed by atoms with Crippen molar-refractivity contribution in [3.63, 3.8) is 0 Å². The van der Waals surface area contributed by atoms with E-state index in [1.807, 2.05) is 0 Å². The third-order valence-electron chi connectivity index (χ3n) is 4.70. The molecule has 0 heterocycles. The molecule has 2 aromatic carbocycles. The van der Waals surface area contributed by atoms with Gasteiger partial charge in [0.05, 0.1) is 0 Å². The topological polar surface area (TPSA) is 3.24 Å². The van der Waals surface area contributed by atoms with E-state index in [0.717, 1.165) is 18.4 Å². The zero-order valence-electron chi connectivity index (χ0n) is 13.4. The van der Waals surface area contributed by atoms with Crippen LogP contribution in [0.1, 0.15) is 38.7 Å². The summed E-state index contributed by atoms with van der Waals surface area (Å²) in [7, 11) is 0. The molecule has 1 aliphatic carbocycles. The van der Waals surface area contributed by atoms with Crippen LogP contribution in [0.15, 0.2) is 42.5 Å². The normalized spacial score (nSPS) is 16.5. The van der Waals surface area contributed by atoms with Crippen molar-refractivity contribution >= 4 is 10.8 Å². The van der Waals surface area contributed by atoms with E-state index in [1.54, 1.807) is 0 Å². The number of rotatable bonds is 7. The Balaban J connectivity index is 1.72. The third-order valence-corrected chi connectivity index (χ3v) is 4.70. The number of hydrogen-bond acceptors (Lipinski definition) is 1. The first-order valence-electron chi connectivity index (χ1n) is 8.44.